The monoisotopic (exact) mass is 435 g/mol. The Labute approximate surface area is 185 Å². The summed E-state index contributed by atoms with van der Waals surface area (Å²) in [6, 6.07) is 7.00. The molecule has 0 bridgehead atoms. The van der Waals surface area contributed by atoms with Gasteiger partial charge in [-0.25, -0.2) is 0 Å². The largest absolute Gasteiger partial charge is 0.493 e. The van der Waals surface area contributed by atoms with Gasteiger partial charge in [-0.2, -0.15) is 0 Å². The van der Waals surface area contributed by atoms with Gasteiger partial charge >= 0.3 is 0 Å². The number of methoxy groups -OCH3 is 1. The number of amides is 1. The van der Waals surface area contributed by atoms with E-state index in [1.807, 2.05) is 25.1 Å². The maximum Gasteiger partial charge on any atom is 0.255 e. The number of aromatic nitrogens is 2. The number of nitrogens with one attached hydrogen (secondary N) is 3. The van der Waals surface area contributed by atoms with Crippen LogP contribution in [0.5, 0.6) is 5.75 Å². The molecule has 0 fully saturated rings. The fraction of sp³-hybridized carbons (Fsp3) is 0.217. The van der Waals surface area contributed by atoms with Crippen molar-refractivity contribution in [1.82, 2.24) is 15.3 Å². The van der Waals surface area contributed by atoms with Crippen LogP contribution in [-0.4, -0.2) is 35.6 Å². The molecule has 31 heavy (non-hydrogen) atoms. The van der Waals surface area contributed by atoms with Crippen LogP contribution in [0.25, 0.3) is 11.3 Å². The van der Waals surface area contributed by atoms with E-state index in [0.29, 0.717) is 46.2 Å². The van der Waals surface area contributed by atoms with Gasteiger partial charge in [0.15, 0.2) is 5.75 Å². The van der Waals surface area contributed by atoms with Crippen molar-refractivity contribution in [2.24, 2.45) is 5.73 Å². The second-order valence-electron chi connectivity index (χ2n) is 7.16. The highest BCUT2D eigenvalue weighted by Gasteiger charge is 2.28. The first-order valence-electron chi connectivity index (χ1n) is 9.83. The Kier molecular flexibility index (Phi) is 5.85. The van der Waals surface area contributed by atoms with E-state index in [-0.39, 0.29) is 11.9 Å². The number of nitrogens with zero attached hydrogens (tertiary/aromatic N) is 1. The maximum atomic E-state index is 12.8. The molecule has 5 N–H and O–H groups in total. The third kappa shape index (κ3) is 4.08. The van der Waals surface area contributed by atoms with Crippen LogP contribution in [0.2, 0.25) is 5.02 Å². The van der Waals surface area contributed by atoms with E-state index in [2.05, 4.69) is 32.4 Å². The summed E-state index contributed by atoms with van der Waals surface area (Å²) in [5.41, 5.74) is 10.8. The number of carbonyl (C=O) groups excluding carboxylic acids is 1. The molecule has 0 radical (unpaired) electrons. The number of benzene rings is 1. The highest BCUT2D eigenvalue weighted by Crippen LogP contribution is 2.41. The molecule has 1 aromatic carbocycles. The van der Waals surface area contributed by atoms with E-state index in [1.54, 1.807) is 25.6 Å². The molecule has 1 aliphatic heterocycles. The van der Waals surface area contributed by atoms with Gasteiger partial charge in [-0.05, 0) is 25.1 Å². The first-order chi connectivity index (χ1) is 15.0. The van der Waals surface area contributed by atoms with E-state index >= 15 is 0 Å². The predicted octanol–water partition coefficient (Wildman–Crippen LogP) is 3.47. The molecule has 0 spiro atoms. The molecule has 1 amide bonds. The Morgan fingerprint density at radius 3 is 2.97 bits per heavy atom. The number of fused-ring (bicyclic) bond motifs is 1. The highest BCUT2D eigenvalue weighted by molar-refractivity contribution is 6.32. The Morgan fingerprint density at radius 1 is 1.35 bits per heavy atom. The fourth-order valence-electron chi connectivity index (χ4n) is 3.56. The van der Waals surface area contributed by atoms with Crippen molar-refractivity contribution in [3.63, 3.8) is 0 Å². The number of hydrogen-bond acceptors (Lipinski definition) is 5. The highest BCUT2D eigenvalue weighted by atomic mass is 35.5. The molecule has 0 saturated heterocycles. The lowest BCUT2D eigenvalue weighted by Gasteiger charge is -2.17. The minimum Gasteiger partial charge on any atom is -0.493 e. The Morgan fingerprint density at radius 2 is 2.19 bits per heavy atom. The summed E-state index contributed by atoms with van der Waals surface area (Å²) in [5.74, 6) is 6.41. The van der Waals surface area contributed by atoms with Crippen LogP contribution in [0.3, 0.4) is 0 Å². The van der Waals surface area contributed by atoms with Gasteiger partial charge in [0, 0.05) is 36.6 Å². The average Bonchev–Trinajstić information content (AvgIpc) is 3.12. The number of anilines is 2. The number of pyridine rings is 1. The van der Waals surface area contributed by atoms with Gasteiger partial charge in [-0.3, -0.25) is 9.78 Å². The zero-order valence-electron chi connectivity index (χ0n) is 17.2. The smallest absolute Gasteiger partial charge is 0.255 e. The molecule has 0 aliphatic carbocycles. The van der Waals surface area contributed by atoms with Crippen LogP contribution in [0.15, 0.2) is 36.7 Å². The molecule has 1 atom stereocenters. The zero-order chi connectivity index (χ0) is 22.0. The molecule has 3 heterocycles. The van der Waals surface area contributed by atoms with Gasteiger partial charge in [-0.15, -0.1) is 0 Å². The Bertz CT molecular complexity index is 1210. The van der Waals surface area contributed by atoms with Crippen molar-refractivity contribution in [1.29, 1.82) is 0 Å². The van der Waals surface area contributed by atoms with Gasteiger partial charge in [0.05, 0.1) is 46.4 Å². The van der Waals surface area contributed by atoms with E-state index in [0.717, 1.165) is 17.0 Å². The number of nitrogens with two attached hydrogens (primary N) is 1. The summed E-state index contributed by atoms with van der Waals surface area (Å²) < 4.78 is 5.48. The summed E-state index contributed by atoms with van der Waals surface area (Å²) in [7, 11) is 1.55. The standard InChI is InChI=1S/C23H22ClN5O2/c1-13(25)6-7-14-12-26-10-8-15(14)20-21(19-17(28-20)9-11-27-23(19)30)29-18-5-3-4-16(24)22(18)31-2/h3-5,8,10,12-13,28-29H,9,11,25H2,1-2H3,(H,27,30)/t13-/m1/s1. The first-order valence-corrected chi connectivity index (χ1v) is 10.2. The van der Waals surface area contributed by atoms with E-state index in [9.17, 15) is 4.79 Å². The molecular formula is C23H22ClN5O2. The van der Waals surface area contributed by atoms with Crippen LogP contribution < -0.4 is 21.1 Å². The van der Waals surface area contributed by atoms with Gasteiger partial charge in [0.25, 0.3) is 5.91 Å². The third-order valence-electron chi connectivity index (χ3n) is 4.92. The second kappa shape index (κ2) is 8.72. The number of carbonyl (C=O) groups is 1. The second-order valence-corrected chi connectivity index (χ2v) is 7.57. The van der Waals surface area contributed by atoms with Crippen LogP contribution >= 0.6 is 11.6 Å². The number of aromatic amines is 1. The van der Waals surface area contributed by atoms with Crippen LogP contribution in [0, 0.1) is 11.8 Å². The molecule has 0 unspecified atom stereocenters. The molecule has 3 aromatic rings. The van der Waals surface area contributed by atoms with Crippen LogP contribution in [0.1, 0.15) is 28.5 Å². The summed E-state index contributed by atoms with van der Waals surface area (Å²) in [4.78, 5) is 20.4. The van der Waals surface area contributed by atoms with Gasteiger partial charge in [0.1, 0.15) is 0 Å². The number of H-pyrrole nitrogens is 1. The number of ether oxygens (including phenoxy) is 1. The maximum absolute atomic E-state index is 12.8. The lowest BCUT2D eigenvalue weighted by atomic mass is 10.0. The van der Waals surface area contributed by atoms with Gasteiger partial charge in [-0.1, -0.05) is 29.5 Å². The first kappa shape index (κ1) is 20.8. The lowest BCUT2D eigenvalue weighted by molar-refractivity contribution is 0.0947. The Hall–Kier alpha value is -3.47. The van der Waals surface area contributed by atoms with E-state index < -0.39 is 0 Å². The molecule has 1 aliphatic rings. The average molecular weight is 436 g/mol. The van der Waals surface area contributed by atoms with Crippen molar-refractivity contribution in [3.05, 3.63) is 58.5 Å². The number of halogens is 1. The van der Waals surface area contributed by atoms with Crippen molar-refractivity contribution in [2.45, 2.75) is 19.4 Å². The molecule has 158 valence electrons. The SMILES string of the molecule is COc1c(Cl)cccc1Nc1c(-c2ccncc2C#C[C@@H](C)N)[nH]c2c1C(=O)NCC2. The summed E-state index contributed by atoms with van der Waals surface area (Å²) in [6.45, 7) is 2.39. The van der Waals surface area contributed by atoms with Crippen LogP contribution in [-0.2, 0) is 6.42 Å². The molecule has 8 heteroatoms. The quantitative estimate of drug-likeness (QED) is 0.470. The lowest BCUT2D eigenvalue weighted by Crippen LogP contribution is -2.31. The van der Waals surface area contributed by atoms with Gasteiger partial charge < -0.3 is 26.1 Å². The molecule has 2 aromatic heterocycles. The summed E-state index contributed by atoms with van der Waals surface area (Å²) >= 11 is 6.30. The summed E-state index contributed by atoms with van der Waals surface area (Å²) in [5, 5.41) is 6.75. The molecule has 7 nitrogen and oxygen atoms in total. The third-order valence-corrected chi connectivity index (χ3v) is 5.22. The van der Waals surface area contributed by atoms with E-state index in [1.165, 1.54) is 0 Å². The number of rotatable bonds is 4. The van der Waals surface area contributed by atoms with Crippen molar-refractivity contribution in [3.8, 4) is 28.8 Å². The topological polar surface area (TPSA) is 105 Å². The zero-order valence-corrected chi connectivity index (χ0v) is 17.9. The van der Waals surface area contributed by atoms with Crippen molar-refractivity contribution in [2.75, 3.05) is 19.0 Å². The predicted molar refractivity (Wildman–Crippen MR) is 122 cm³/mol. The van der Waals surface area contributed by atoms with Crippen molar-refractivity contribution < 1.29 is 9.53 Å². The Balaban J connectivity index is 1.91. The molecule has 4 rings (SSSR count). The number of para-hydroxylation sites is 1. The van der Waals surface area contributed by atoms with E-state index in [4.69, 9.17) is 22.1 Å². The normalized spacial score (nSPS) is 13.5. The van der Waals surface area contributed by atoms with Gasteiger partial charge in [0.2, 0.25) is 0 Å². The minimum absolute atomic E-state index is 0.149. The summed E-state index contributed by atoms with van der Waals surface area (Å²) in [6.07, 6.45) is 4.07. The van der Waals surface area contributed by atoms with Crippen LogP contribution in [0.4, 0.5) is 11.4 Å². The fourth-order valence-corrected chi connectivity index (χ4v) is 3.81. The molecule has 0 saturated carbocycles. The minimum atomic E-state index is -0.274. The van der Waals surface area contributed by atoms with Crippen molar-refractivity contribution >= 4 is 28.9 Å². The molecular weight excluding hydrogens is 414 g/mol. The number of hydrogen-bond donors (Lipinski definition) is 4.